The molecule has 1 saturated heterocycles. The molecule has 2 rings (SSSR count). The molecule has 1 aliphatic rings. The molecule has 0 saturated carbocycles. The van der Waals surface area contributed by atoms with Gasteiger partial charge in [-0.25, -0.2) is 5.01 Å². The lowest BCUT2D eigenvalue weighted by atomic mass is 9.90. The maximum Gasteiger partial charge on any atom is 0.0478 e. The molecule has 2 unspecified atom stereocenters. The molecule has 76 valence electrons. The predicted molar refractivity (Wildman–Crippen MR) is 55.5 cm³/mol. The molecule has 3 heteroatoms. The Balaban J connectivity index is 2.18. The van der Waals surface area contributed by atoms with E-state index in [1.807, 2.05) is 18.2 Å². The number of aliphatic hydroxyl groups is 1. The molecule has 0 aliphatic carbocycles. The Kier molecular flexibility index (Phi) is 2.82. The molecule has 3 nitrogen and oxygen atoms in total. The highest BCUT2D eigenvalue weighted by atomic mass is 16.3. The highest BCUT2D eigenvalue weighted by Crippen LogP contribution is 2.30. The summed E-state index contributed by atoms with van der Waals surface area (Å²) in [6, 6.07) is 10.3. The number of nitrogens with two attached hydrogens (primary N) is 1. The molecule has 1 heterocycles. The molecule has 1 aromatic rings. The maximum absolute atomic E-state index is 9.23. The normalized spacial score (nSPS) is 28.1. The van der Waals surface area contributed by atoms with Crippen LogP contribution in [0.5, 0.6) is 0 Å². The first-order valence-corrected chi connectivity index (χ1v) is 4.96. The average molecular weight is 192 g/mol. The van der Waals surface area contributed by atoms with Gasteiger partial charge in [-0.2, -0.15) is 0 Å². The summed E-state index contributed by atoms with van der Waals surface area (Å²) in [6.07, 6.45) is 0. The highest BCUT2D eigenvalue weighted by Gasteiger charge is 2.31. The third-order valence-corrected chi connectivity index (χ3v) is 2.93. The number of hydrogen-bond donors (Lipinski definition) is 2. The second-order valence-corrected chi connectivity index (χ2v) is 3.91. The Labute approximate surface area is 84.1 Å². The van der Waals surface area contributed by atoms with E-state index >= 15 is 0 Å². The van der Waals surface area contributed by atoms with Crippen LogP contribution in [-0.4, -0.2) is 29.8 Å². The van der Waals surface area contributed by atoms with Crippen molar-refractivity contribution in [2.75, 3.05) is 19.7 Å². The molecule has 1 aliphatic heterocycles. The van der Waals surface area contributed by atoms with Gasteiger partial charge in [-0.3, -0.25) is 5.84 Å². The third-order valence-electron chi connectivity index (χ3n) is 2.93. The summed E-state index contributed by atoms with van der Waals surface area (Å²) in [5, 5.41) is 11.0. The molecule has 1 fully saturated rings. The van der Waals surface area contributed by atoms with E-state index in [9.17, 15) is 5.11 Å². The minimum atomic E-state index is 0.216. The van der Waals surface area contributed by atoms with Crippen LogP contribution in [0.2, 0.25) is 0 Å². The molecule has 3 N–H and O–H groups in total. The van der Waals surface area contributed by atoms with Gasteiger partial charge in [0, 0.05) is 31.5 Å². The van der Waals surface area contributed by atoms with Crippen molar-refractivity contribution >= 4 is 0 Å². The molecular weight excluding hydrogens is 176 g/mol. The minimum absolute atomic E-state index is 0.216. The van der Waals surface area contributed by atoms with Crippen molar-refractivity contribution in [3.63, 3.8) is 0 Å². The maximum atomic E-state index is 9.23. The summed E-state index contributed by atoms with van der Waals surface area (Å²) in [5.41, 5.74) is 1.28. The molecule has 0 aromatic heterocycles. The van der Waals surface area contributed by atoms with Gasteiger partial charge in [0.15, 0.2) is 0 Å². The first-order chi connectivity index (χ1) is 6.81. The minimum Gasteiger partial charge on any atom is -0.396 e. The number of hydrazine groups is 1. The molecular formula is C11H16N2O. The fourth-order valence-corrected chi connectivity index (χ4v) is 2.17. The van der Waals surface area contributed by atoms with Crippen molar-refractivity contribution in [1.29, 1.82) is 0 Å². The smallest absolute Gasteiger partial charge is 0.0478 e. The van der Waals surface area contributed by atoms with Gasteiger partial charge in [0.05, 0.1) is 0 Å². The van der Waals surface area contributed by atoms with Crippen LogP contribution in [0.3, 0.4) is 0 Å². The Morgan fingerprint density at radius 1 is 1.29 bits per heavy atom. The van der Waals surface area contributed by atoms with E-state index in [0.717, 1.165) is 13.1 Å². The van der Waals surface area contributed by atoms with Crippen LogP contribution in [0.25, 0.3) is 0 Å². The van der Waals surface area contributed by atoms with Crippen molar-refractivity contribution in [1.82, 2.24) is 5.01 Å². The number of rotatable bonds is 2. The fraction of sp³-hybridized carbons (Fsp3) is 0.455. The van der Waals surface area contributed by atoms with Gasteiger partial charge in [-0.1, -0.05) is 30.3 Å². The SMILES string of the molecule is NN1CC(CO)C(c2ccccc2)C1. The largest absolute Gasteiger partial charge is 0.396 e. The van der Waals surface area contributed by atoms with E-state index in [-0.39, 0.29) is 12.5 Å². The van der Waals surface area contributed by atoms with Crippen LogP contribution in [0, 0.1) is 5.92 Å². The summed E-state index contributed by atoms with van der Waals surface area (Å²) < 4.78 is 0. The van der Waals surface area contributed by atoms with Gasteiger partial charge in [-0.15, -0.1) is 0 Å². The van der Waals surface area contributed by atoms with Crippen LogP contribution in [0.4, 0.5) is 0 Å². The Bertz CT molecular complexity index is 289. The molecule has 2 atom stereocenters. The lowest BCUT2D eigenvalue weighted by Gasteiger charge is -2.15. The fourth-order valence-electron chi connectivity index (χ4n) is 2.17. The van der Waals surface area contributed by atoms with E-state index in [2.05, 4.69) is 12.1 Å². The summed E-state index contributed by atoms with van der Waals surface area (Å²) in [6.45, 7) is 1.85. The molecule has 0 bridgehead atoms. The number of aliphatic hydroxyl groups excluding tert-OH is 1. The van der Waals surface area contributed by atoms with Crippen molar-refractivity contribution in [2.45, 2.75) is 5.92 Å². The van der Waals surface area contributed by atoms with Crippen LogP contribution in [-0.2, 0) is 0 Å². The van der Waals surface area contributed by atoms with Crippen molar-refractivity contribution < 1.29 is 5.11 Å². The number of hydrogen-bond acceptors (Lipinski definition) is 3. The summed E-state index contributed by atoms with van der Waals surface area (Å²) >= 11 is 0. The van der Waals surface area contributed by atoms with Crippen molar-refractivity contribution in [3.05, 3.63) is 35.9 Å². The van der Waals surface area contributed by atoms with E-state index < -0.39 is 0 Å². The lowest BCUT2D eigenvalue weighted by Crippen LogP contribution is -2.28. The zero-order valence-electron chi connectivity index (χ0n) is 8.13. The van der Waals surface area contributed by atoms with Crippen molar-refractivity contribution in [3.8, 4) is 0 Å². The van der Waals surface area contributed by atoms with Gasteiger partial charge in [-0.05, 0) is 5.56 Å². The van der Waals surface area contributed by atoms with Gasteiger partial charge < -0.3 is 5.11 Å². The summed E-state index contributed by atoms with van der Waals surface area (Å²) in [7, 11) is 0. The average Bonchev–Trinajstić information content (AvgIpc) is 2.61. The van der Waals surface area contributed by atoms with E-state index in [1.165, 1.54) is 5.56 Å². The second kappa shape index (κ2) is 4.09. The first-order valence-electron chi connectivity index (χ1n) is 4.96. The number of nitrogens with zero attached hydrogens (tertiary/aromatic N) is 1. The van der Waals surface area contributed by atoms with Gasteiger partial charge in [0.2, 0.25) is 0 Å². The Morgan fingerprint density at radius 2 is 2.00 bits per heavy atom. The summed E-state index contributed by atoms with van der Waals surface area (Å²) in [5.74, 6) is 6.41. The molecule has 0 radical (unpaired) electrons. The van der Waals surface area contributed by atoms with Crippen molar-refractivity contribution in [2.24, 2.45) is 11.8 Å². The topological polar surface area (TPSA) is 49.5 Å². The molecule has 14 heavy (non-hydrogen) atoms. The Morgan fingerprint density at radius 3 is 2.64 bits per heavy atom. The van der Waals surface area contributed by atoms with Crippen LogP contribution < -0.4 is 5.84 Å². The van der Waals surface area contributed by atoms with Crippen LogP contribution in [0.1, 0.15) is 11.5 Å². The monoisotopic (exact) mass is 192 g/mol. The standard InChI is InChI=1S/C11H16N2O/c12-13-6-10(8-14)11(7-13)9-4-2-1-3-5-9/h1-5,10-11,14H,6-8,12H2. The molecule has 1 aromatic carbocycles. The van der Waals surface area contributed by atoms with Gasteiger partial charge >= 0.3 is 0 Å². The van der Waals surface area contributed by atoms with E-state index in [0.29, 0.717) is 5.92 Å². The quantitative estimate of drug-likeness (QED) is 0.673. The zero-order valence-corrected chi connectivity index (χ0v) is 8.13. The van der Waals surface area contributed by atoms with Crippen LogP contribution >= 0.6 is 0 Å². The second-order valence-electron chi connectivity index (χ2n) is 3.91. The van der Waals surface area contributed by atoms with Crippen LogP contribution in [0.15, 0.2) is 30.3 Å². The van der Waals surface area contributed by atoms with E-state index in [4.69, 9.17) is 5.84 Å². The molecule has 0 spiro atoms. The Hall–Kier alpha value is -0.900. The van der Waals surface area contributed by atoms with Gasteiger partial charge in [0.25, 0.3) is 0 Å². The summed E-state index contributed by atoms with van der Waals surface area (Å²) in [4.78, 5) is 0. The zero-order chi connectivity index (χ0) is 9.97. The highest BCUT2D eigenvalue weighted by molar-refractivity contribution is 5.22. The van der Waals surface area contributed by atoms with Gasteiger partial charge in [0.1, 0.15) is 0 Å². The first kappa shape index (κ1) is 9.65. The lowest BCUT2D eigenvalue weighted by molar-refractivity contribution is 0.216. The number of benzene rings is 1. The third kappa shape index (κ3) is 1.80. The molecule has 0 amide bonds. The van der Waals surface area contributed by atoms with E-state index in [1.54, 1.807) is 5.01 Å². The predicted octanol–water partition coefficient (Wildman–Crippen LogP) is 0.568.